The van der Waals surface area contributed by atoms with E-state index in [2.05, 4.69) is 45.1 Å². The second kappa shape index (κ2) is 9.90. The Morgan fingerprint density at radius 1 is 0.697 bits per heavy atom. The van der Waals surface area contributed by atoms with Crippen LogP contribution in [0.2, 0.25) is 0 Å². The van der Waals surface area contributed by atoms with Crippen LogP contribution in [0.25, 0.3) is 22.2 Å². The van der Waals surface area contributed by atoms with E-state index in [0.717, 1.165) is 58.5 Å². The third-order valence-corrected chi connectivity index (χ3v) is 6.40. The molecule has 1 aliphatic rings. The Morgan fingerprint density at radius 3 is 2.21 bits per heavy atom. The molecule has 0 unspecified atom stereocenters. The minimum atomic E-state index is 0.0803. The number of nitrogens with zero attached hydrogens (tertiary/aromatic N) is 1. The number of carbonyl (C=O) groups excluding carboxylic acids is 1. The molecule has 0 bridgehead atoms. The van der Waals surface area contributed by atoms with Crippen molar-refractivity contribution >= 4 is 28.1 Å². The molecule has 0 saturated heterocycles. The van der Waals surface area contributed by atoms with E-state index in [0.29, 0.717) is 0 Å². The molecule has 3 aromatic carbocycles. The van der Waals surface area contributed by atoms with Crippen LogP contribution in [0.3, 0.4) is 0 Å². The van der Waals surface area contributed by atoms with E-state index in [4.69, 9.17) is 0 Å². The van der Waals surface area contributed by atoms with E-state index in [1.807, 2.05) is 42.5 Å². The second-order valence-corrected chi connectivity index (χ2v) is 8.70. The number of unbranched alkanes of at least 4 members (excludes halogenated alkanes) is 5. The summed E-state index contributed by atoms with van der Waals surface area (Å²) < 4.78 is 0. The highest BCUT2D eigenvalue weighted by atomic mass is 16.1. The lowest BCUT2D eigenvalue weighted by molar-refractivity contribution is 0.104. The Bertz CT molecular complexity index is 1250. The van der Waals surface area contributed by atoms with Gasteiger partial charge in [-0.15, -0.1) is 0 Å². The van der Waals surface area contributed by atoms with E-state index in [9.17, 15) is 4.79 Å². The Balaban J connectivity index is 1.08. The maximum Gasteiger partial charge on any atom is 0.196 e. The standard InChI is InChI=1S/C28H30N4O/c33-28-22-15-11-17-24-25(22)27(32-31-24)21-14-10-16-23(26(21)28)30-19-9-4-2-1-3-8-18-29-20-12-6-5-7-13-20/h5-7,10-17,29-30H,1-4,8-9,18-19H2,(H,31,32). The van der Waals surface area contributed by atoms with Crippen molar-refractivity contribution in [3.8, 4) is 11.3 Å². The van der Waals surface area contributed by atoms with Gasteiger partial charge in [-0.2, -0.15) is 5.10 Å². The summed E-state index contributed by atoms with van der Waals surface area (Å²) in [4.78, 5) is 13.3. The third kappa shape index (κ3) is 4.49. The summed E-state index contributed by atoms with van der Waals surface area (Å²) in [6, 6.07) is 22.2. The van der Waals surface area contributed by atoms with Gasteiger partial charge in [-0.1, -0.05) is 68.1 Å². The highest BCUT2D eigenvalue weighted by molar-refractivity contribution is 6.27. The number of aromatic nitrogens is 2. The average Bonchev–Trinajstić information content (AvgIpc) is 3.29. The second-order valence-electron chi connectivity index (χ2n) is 8.70. The van der Waals surface area contributed by atoms with Gasteiger partial charge in [0.05, 0.1) is 11.1 Å². The summed E-state index contributed by atoms with van der Waals surface area (Å²) in [6.07, 6.45) is 7.27. The molecule has 168 valence electrons. The number of aromatic amines is 1. The highest BCUT2D eigenvalue weighted by Gasteiger charge is 2.29. The molecule has 0 amide bonds. The quantitative estimate of drug-likeness (QED) is 0.202. The maximum absolute atomic E-state index is 13.3. The molecule has 1 heterocycles. The van der Waals surface area contributed by atoms with Gasteiger partial charge < -0.3 is 10.6 Å². The predicted octanol–water partition coefficient (Wildman–Crippen LogP) is 6.64. The van der Waals surface area contributed by atoms with Gasteiger partial charge in [0.2, 0.25) is 0 Å². The van der Waals surface area contributed by atoms with Crippen molar-refractivity contribution in [2.75, 3.05) is 23.7 Å². The summed E-state index contributed by atoms with van der Waals surface area (Å²) in [5, 5.41) is 15.5. The third-order valence-electron chi connectivity index (χ3n) is 6.40. The Morgan fingerprint density at radius 2 is 1.39 bits per heavy atom. The lowest BCUT2D eigenvalue weighted by atomic mass is 9.86. The van der Waals surface area contributed by atoms with Crippen molar-refractivity contribution in [3.63, 3.8) is 0 Å². The van der Waals surface area contributed by atoms with Gasteiger partial charge in [-0.05, 0) is 37.1 Å². The fraction of sp³-hybridized carbons (Fsp3) is 0.286. The van der Waals surface area contributed by atoms with Crippen LogP contribution in [0.1, 0.15) is 54.4 Å². The van der Waals surface area contributed by atoms with Gasteiger partial charge in [0.15, 0.2) is 5.78 Å². The molecule has 5 rings (SSSR count). The molecular weight excluding hydrogens is 408 g/mol. The van der Waals surface area contributed by atoms with Gasteiger partial charge >= 0.3 is 0 Å². The molecule has 4 aromatic rings. The van der Waals surface area contributed by atoms with Crippen LogP contribution < -0.4 is 10.6 Å². The van der Waals surface area contributed by atoms with E-state index in [1.165, 1.54) is 37.8 Å². The van der Waals surface area contributed by atoms with Crippen LogP contribution in [-0.4, -0.2) is 29.1 Å². The number of ketones is 1. The van der Waals surface area contributed by atoms with Crippen molar-refractivity contribution in [2.24, 2.45) is 0 Å². The summed E-state index contributed by atoms with van der Waals surface area (Å²) in [5.41, 5.74) is 6.30. The van der Waals surface area contributed by atoms with Crippen LogP contribution in [0.15, 0.2) is 66.7 Å². The molecule has 0 fully saturated rings. The average molecular weight is 439 g/mol. The summed E-state index contributed by atoms with van der Waals surface area (Å²) in [7, 11) is 0. The zero-order valence-corrected chi connectivity index (χ0v) is 18.9. The molecule has 3 N–H and O–H groups in total. The van der Waals surface area contributed by atoms with E-state index in [1.54, 1.807) is 0 Å². The van der Waals surface area contributed by atoms with E-state index in [-0.39, 0.29) is 5.78 Å². The zero-order valence-electron chi connectivity index (χ0n) is 18.9. The van der Waals surface area contributed by atoms with Crippen molar-refractivity contribution in [1.29, 1.82) is 0 Å². The first kappa shape index (κ1) is 21.3. The molecule has 1 aliphatic carbocycles. The molecule has 5 nitrogen and oxygen atoms in total. The Labute approximate surface area is 194 Å². The smallest absolute Gasteiger partial charge is 0.196 e. The van der Waals surface area contributed by atoms with Crippen molar-refractivity contribution in [2.45, 2.75) is 38.5 Å². The summed E-state index contributed by atoms with van der Waals surface area (Å²) >= 11 is 0. The number of carbonyl (C=O) groups is 1. The number of fused-ring (bicyclic) bond motifs is 2. The van der Waals surface area contributed by atoms with Gasteiger partial charge in [-0.3, -0.25) is 9.89 Å². The summed E-state index contributed by atoms with van der Waals surface area (Å²) in [5.74, 6) is 0.0803. The monoisotopic (exact) mass is 438 g/mol. The first-order chi connectivity index (χ1) is 16.3. The van der Waals surface area contributed by atoms with Crippen LogP contribution in [0.5, 0.6) is 0 Å². The van der Waals surface area contributed by atoms with Crippen molar-refractivity contribution in [3.05, 3.63) is 77.9 Å². The number of rotatable bonds is 11. The number of anilines is 2. The molecular formula is C28H30N4O. The molecule has 0 spiro atoms. The van der Waals surface area contributed by atoms with Crippen LogP contribution >= 0.6 is 0 Å². The van der Waals surface area contributed by atoms with Crippen molar-refractivity contribution in [1.82, 2.24) is 10.2 Å². The van der Waals surface area contributed by atoms with E-state index < -0.39 is 0 Å². The minimum Gasteiger partial charge on any atom is -0.385 e. The number of para-hydroxylation sites is 1. The SMILES string of the molecule is O=C1c2c(NCCCCCCCCNc3ccccc3)cccc2-c2n[nH]c3cccc1c23. The zero-order chi connectivity index (χ0) is 22.5. The predicted molar refractivity (Wildman–Crippen MR) is 136 cm³/mol. The molecule has 0 radical (unpaired) electrons. The first-order valence-electron chi connectivity index (χ1n) is 12.0. The first-order valence-corrected chi connectivity index (χ1v) is 12.0. The van der Waals surface area contributed by atoms with E-state index >= 15 is 0 Å². The molecule has 5 heteroatoms. The highest BCUT2D eigenvalue weighted by Crippen LogP contribution is 2.40. The van der Waals surface area contributed by atoms with Gasteiger partial charge in [-0.25, -0.2) is 0 Å². The number of H-pyrrole nitrogens is 1. The number of benzene rings is 3. The van der Waals surface area contributed by atoms with Crippen LogP contribution in [-0.2, 0) is 0 Å². The molecule has 0 aliphatic heterocycles. The van der Waals surface area contributed by atoms with Crippen molar-refractivity contribution < 1.29 is 4.79 Å². The molecule has 33 heavy (non-hydrogen) atoms. The van der Waals surface area contributed by atoms with Crippen LogP contribution in [0, 0.1) is 0 Å². The largest absolute Gasteiger partial charge is 0.385 e. The topological polar surface area (TPSA) is 69.8 Å². The molecule has 0 saturated carbocycles. The number of hydrogen-bond donors (Lipinski definition) is 3. The summed E-state index contributed by atoms with van der Waals surface area (Å²) in [6.45, 7) is 1.90. The lowest BCUT2D eigenvalue weighted by Crippen LogP contribution is -2.13. The fourth-order valence-corrected chi connectivity index (χ4v) is 4.70. The van der Waals surface area contributed by atoms with Gasteiger partial charge in [0, 0.05) is 41.0 Å². The molecule has 1 aromatic heterocycles. The van der Waals surface area contributed by atoms with Gasteiger partial charge in [0.25, 0.3) is 0 Å². The normalized spacial score (nSPS) is 12.1. The van der Waals surface area contributed by atoms with Gasteiger partial charge in [0.1, 0.15) is 5.69 Å². The Hall–Kier alpha value is -3.60. The fourth-order valence-electron chi connectivity index (χ4n) is 4.70. The maximum atomic E-state index is 13.3. The number of nitrogens with one attached hydrogen (secondary N) is 3. The molecule has 0 atom stereocenters. The number of hydrogen-bond acceptors (Lipinski definition) is 4. The van der Waals surface area contributed by atoms with Crippen LogP contribution in [0.4, 0.5) is 11.4 Å². The minimum absolute atomic E-state index is 0.0803. The lowest BCUT2D eigenvalue weighted by Gasteiger charge is -2.19. The Kier molecular flexibility index (Phi) is 6.38.